The number of anilines is 2. The van der Waals surface area contributed by atoms with Crippen molar-refractivity contribution in [2.24, 2.45) is 0 Å². The molecule has 0 radical (unpaired) electrons. The van der Waals surface area contributed by atoms with Crippen LogP contribution in [0.4, 0.5) is 11.5 Å². The Morgan fingerprint density at radius 1 is 0.964 bits per heavy atom. The van der Waals surface area contributed by atoms with Gasteiger partial charge in [0.15, 0.2) is 0 Å². The molecule has 0 spiro atoms. The van der Waals surface area contributed by atoms with Crippen molar-refractivity contribution >= 4 is 27.4 Å². The molecule has 0 fully saturated rings. The van der Waals surface area contributed by atoms with Crippen molar-refractivity contribution in [3.8, 4) is 0 Å². The van der Waals surface area contributed by atoms with E-state index in [1.54, 1.807) is 36.5 Å². The second kappa shape index (κ2) is 7.82. The van der Waals surface area contributed by atoms with E-state index in [1.165, 1.54) is 23.5 Å². The van der Waals surface area contributed by atoms with Gasteiger partial charge in [0.25, 0.3) is 15.9 Å². The molecule has 1 N–H and O–H groups in total. The summed E-state index contributed by atoms with van der Waals surface area (Å²) in [4.78, 5) is 16.7. The van der Waals surface area contributed by atoms with Gasteiger partial charge in [-0.15, -0.1) is 0 Å². The number of nitrogens with zero attached hydrogens (tertiary/aromatic N) is 2. The molecule has 144 valence electrons. The van der Waals surface area contributed by atoms with Crippen molar-refractivity contribution in [2.45, 2.75) is 18.7 Å². The van der Waals surface area contributed by atoms with Crippen molar-refractivity contribution in [3.05, 3.63) is 83.6 Å². The first-order chi connectivity index (χ1) is 13.3. The van der Waals surface area contributed by atoms with Gasteiger partial charge < -0.3 is 5.32 Å². The Morgan fingerprint density at radius 2 is 1.68 bits per heavy atom. The Hall–Kier alpha value is -3.19. The number of amides is 1. The van der Waals surface area contributed by atoms with Gasteiger partial charge in [-0.25, -0.2) is 13.4 Å². The Morgan fingerprint density at radius 3 is 2.36 bits per heavy atom. The highest BCUT2D eigenvalue weighted by atomic mass is 32.2. The minimum atomic E-state index is -3.80. The van der Waals surface area contributed by atoms with E-state index >= 15 is 0 Å². The molecule has 0 saturated heterocycles. The zero-order chi connectivity index (χ0) is 20.3. The van der Waals surface area contributed by atoms with E-state index in [0.29, 0.717) is 11.5 Å². The van der Waals surface area contributed by atoms with Gasteiger partial charge in [0, 0.05) is 18.8 Å². The number of hydrogen-bond donors (Lipinski definition) is 1. The fourth-order valence-corrected chi connectivity index (χ4v) is 3.88. The van der Waals surface area contributed by atoms with Gasteiger partial charge in [-0.2, -0.15) is 0 Å². The van der Waals surface area contributed by atoms with Crippen LogP contribution in [0, 0.1) is 13.8 Å². The molecule has 0 atom stereocenters. The van der Waals surface area contributed by atoms with E-state index in [-0.39, 0.29) is 10.5 Å². The van der Waals surface area contributed by atoms with Gasteiger partial charge >= 0.3 is 0 Å². The van der Waals surface area contributed by atoms with Gasteiger partial charge in [-0.1, -0.05) is 23.8 Å². The van der Waals surface area contributed by atoms with Crippen molar-refractivity contribution in [1.29, 1.82) is 0 Å². The number of sulfonamides is 1. The standard InChI is InChI=1S/C21H21N3O3S/c1-15-7-9-18(10-8-15)24(3)28(26,27)19-6-4-5-17(14-19)21(25)23-20-13-16(2)11-12-22-20/h4-14H,1-3H3,(H,22,23,25). The van der Waals surface area contributed by atoms with Crippen LogP contribution >= 0.6 is 0 Å². The summed E-state index contributed by atoms with van der Waals surface area (Å²) in [6.07, 6.45) is 1.60. The molecular weight excluding hydrogens is 374 g/mol. The van der Waals surface area contributed by atoms with Crippen LogP contribution < -0.4 is 9.62 Å². The Bertz CT molecular complexity index is 1110. The largest absolute Gasteiger partial charge is 0.307 e. The summed E-state index contributed by atoms with van der Waals surface area (Å²) >= 11 is 0. The minimum Gasteiger partial charge on any atom is -0.307 e. The van der Waals surface area contributed by atoms with Gasteiger partial charge in [0.05, 0.1) is 10.6 Å². The van der Waals surface area contributed by atoms with Gasteiger partial charge in [0.2, 0.25) is 0 Å². The zero-order valence-electron chi connectivity index (χ0n) is 15.9. The first-order valence-electron chi connectivity index (χ1n) is 8.67. The number of carbonyl (C=O) groups excluding carboxylic acids is 1. The normalized spacial score (nSPS) is 11.1. The Labute approximate surface area is 164 Å². The molecule has 3 rings (SSSR count). The van der Waals surface area contributed by atoms with E-state index < -0.39 is 15.9 Å². The van der Waals surface area contributed by atoms with Crippen LogP contribution in [0.3, 0.4) is 0 Å². The number of carbonyl (C=O) groups is 1. The smallest absolute Gasteiger partial charge is 0.264 e. The number of aryl methyl sites for hydroxylation is 2. The first kappa shape index (κ1) is 19.6. The average Bonchev–Trinajstić information content (AvgIpc) is 2.68. The molecule has 1 amide bonds. The van der Waals surface area contributed by atoms with Crippen molar-refractivity contribution in [1.82, 2.24) is 4.98 Å². The van der Waals surface area contributed by atoms with Crippen molar-refractivity contribution in [2.75, 3.05) is 16.7 Å². The maximum atomic E-state index is 13.0. The summed E-state index contributed by atoms with van der Waals surface area (Å²) in [6.45, 7) is 3.83. The molecule has 1 heterocycles. The number of nitrogens with one attached hydrogen (secondary N) is 1. The molecule has 3 aromatic rings. The van der Waals surface area contributed by atoms with Crippen LogP contribution in [0.15, 0.2) is 71.8 Å². The van der Waals surface area contributed by atoms with E-state index in [0.717, 1.165) is 11.1 Å². The average molecular weight is 395 g/mol. The van der Waals surface area contributed by atoms with E-state index in [1.807, 2.05) is 32.0 Å². The highest BCUT2D eigenvalue weighted by molar-refractivity contribution is 7.92. The lowest BCUT2D eigenvalue weighted by atomic mass is 10.2. The number of rotatable bonds is 5. The molecule has 0 aliphatic carbocycles. The quantitative estimate of drug-likeness (QED) is 0.713. The van der Waals surface area contributed by atoms with E-state index in [2.05, 4.69) is 10.3 Å². The molecule has 0 aliphatic heterocycles. The fraction of sp³-hybridized carbons (Fsp3) is 0.143. The molecule has 28 heavy (non-hydrogen) atoms. The number of pyridine rings is 1. The number of benzene rings is 2. The lowest BCUT2D eigenvalue weighted by Crippen LogP contribution is -2.26. The van der Waals surface area contributed by atoms with E-state index in [9.17, 15) is 13.2 Å². The Kier molecular flexibility index (Phi) is 5.46. The molecule has 0 aliphatic rings. The summed E-state index contributed by atoms with van der Waals surface area (Å²) in [6, 6.07) is 16.7. The third-order valence-corrected chi connectivity index (χ3v) is 6.09. The molecule has 6 nitrogen and oxygen atoms in total. The molecular formula is C21H21N3O3S. The summed E-state index contributed by atoms with van der Waals surface area (Å²) in [5.74, 6) is -0.0110. The van der Waals surface area contributed by atoms with Gasteiger partial charge in [-0.3, -0.25) is 9.10 Å². The van der Waals surface area contributed by atoms with Crippen LogP contribution in [0.25, 0.3) is 0 Å². The third-order valence-electron chi connectivity index (χ3n) is 4.31. The summed E-state index contributed by atoms with van der Waals surface area (Å²) < 4.78 is 27.2. The summed E-state index contributed by atoms with van der Waals surface area (Å²) in [5.41, 5.74) is 2.78. The highest BCUT2D eigenvalue weighted by Gasteiger charge is 2.22. The molecule has 0 unspecified atom stereocenters. The monoisotopic (exact) mass is 395 g/mol. The molecule has 7 heteroatoms. The predicted molar refractivity (Wildman–Crippen MR) is 110 cm³/mol. The van der Waals surface area contributed by atoms with Crippen LogP contribution in [0.1, 0.15) is 21.5 Å². The zero-order valence-corrected chi connectivity index (χ0v) is 16.7. The lowest BCUT2D eigenvalue weighted by molar-refractivity contribution is 0.102. The molecule has 0 saturated carbocycles. The maximum Gasteiger partial charge on any atom is 0.264 e. The SMILES string of the molecule is Cc1ccc(N(C)S(=O)(=O)c2cccc(C(=O)Nc3cc(C)ccn3)c2)cc1. The maximum absolute atomic E-state index is 13.0. The minimum absolute atomic E-state index is 0.0421. The molecule has 0 bridgehead atoms. The van der Waals surface area contributed by atoms with Gasteiger partial charge in [0.1, 0.15) is 5.82 Å². The van der Waals surface area contributed by atoms with E-state index in [4.69, 9.17) is 0 Å². The summed E-state index contributed by atoms with van der Waals surface area (Å²) in [7, 11) is -2.31. The third kappa shape index (κ3) is 4.20. The summed E-state index contributed by atoms with van der Waals surface area (Å²) in [5, 5.41) is 2.69. The lowest BCUT2D eigenvalue weighted by Gasteiger charge is -2.20. The Balaban J connectivity index is 1.87. The van der Waals surface area contributed by atoms with Crippen LogP contribution in [0.2, 0.25) is 0 Å². The second-order valence-electron chi connectivity index (χ2n) is 6.51. The molecule has 2 aromatic carbocycles. The number of hydrogen-bond acceptors (Lipinski definition) is 4. The van der Waals surface area contributed by atoms with Crippen LogP contribution in [0.5, 0.6) is 0 Å². The highest BCUT2D eigenvalue weighted by Crippen LogP contribution is 2.23. The number of aromatic nitrogens is 1. The van der Waals surface area contributed by atoms with Crippen LogP contribution in [-0.4, -0.2) is 26.4 Å². The van der Waals surface area contributed by atoms with Crippen molar-refractivity contribution in [3.63, 3.8) is 0 Å². The second-order valence-corrected chi connectivity index (χ2v) is 8.48. The predicted octanol–water partition coefficient (Wildman–Crippen LogP) is 3.78. The topological polar surface area (TPSA) is 79.4 Å². The molecule has 1 aromatic heterocycles. The first-order valence-corrected chi connectivity index (χ1v) is 10.1. The van der Waals surface area contributed by atoms with Crippen molar-refractivity contribution < 1.29 is 13.2 Å². The van der Waals surface area contributed by atoms with Gasteiger partial charge in [-0.05, 0) is 61.9 Å². The fourth-order valence-electron chi connectivity index (χ4n) is 2.64. The van der Waals surface area contributed by atoms with Crippen LogP contribution in [-0.2, 0) is 10.0 Å².